The Morgan fingerprint density at radius 2 is 2.00 bits per heavy atom. The Kier molecular flexibility index (Phi) is 4.98. The van der Waals surface area contributed by atoms with E-state index in [1.165, 1.54) is 0 Å². The van der Waals surface area contributed by atoms with E-state index in [-0.39, 0.29) is 5.91 Å². The second-order valence-corrected chi connectivity index (χ2v) is 6.41. The largest absolute Gasteiger partial charge is 0.451 e. The van der Waals surface area contributed by atoms with Crippen LogP contribution in [-0.2, 0) is 0 Å². The fourth-order valence-corrected chi connectivity index (χ4v) is 2.94. The molecule has 2 heterocycles. The SMILES string of the molecule is Cc1ccc2oc(C(=O)NCCCN3CCN(C)CC3)cc2c1. The van der Waals surface area contributed by atoms with Crippen LogP contribution in [0.5, 0.6) is 0 Å². The molecule has 1 amide bonds. The van der Waals surface area contributed by atoms with Gasteiger partial charge in [-0.25, -0.2) is 0 Å². The fraction of sp³-hybridized carbons (Fsp3) is 0.500. The number of furan rings is 1. The van der Waals surface area contributed by atoms with Crippen LogP contribution in [0.25, 0.3) is 11.0 Å². The lowest BCUT2D eigenvalue weighted by Gasteiger charge is -2.32. The van der Waals surface area contributed by atoms with Crippen molar-refractivity contribution in [2.75, 3.05) is 46.3 Å². The molecule has 124 valence electrons. The number of fused-ring (bicyclic) bond motifs is 1. The van der Waals surface area contributed by atoms with E-state index < -0.39 is 0 Å². The highest BCUT2D eigenvalue weighted by molar-refractivity contribution is 5.96. The van der Waals surface area contributed by atoms with Gasteiger partial charge < -0.3 is 19.5 Å². The highest BCUT2D eigenvalue weighted by Gasteiger charge is 2.14. The highest BCUT2D eigenvalue weighted by atomic mass is 16.3. The van der Waals surface area contributed by atoms with Crippen LogP contribution in [0.2, 0.25) is 0 Å². The lowest BCUT2D eigenvalue weighted by atomic mass is 10.2. The van der Waals surface area contributed by atoms with Gasteiger partial charge >= 0.3 is 0 Å². The molecular formula is C18H25N3O2. The standard InChI is InChI=1S/C18H25N3O2/c1-14-4-5-16-15(12-14)13-17(23-16)18(22)19-6-3-7-21-10-8-20(2)9-11-21/h4-5,12-13H,3,6-11H2,1-2H3,(H,19,22). The Balaban J connectivity index is 1.45. The van der Waals surface area contributed by atoms with Gasteiger partial charge in [-0.1, -0.05) is 11.6 Å². The van der Waals surface area contributed by atoms with Crippen molar-refractivity contribution in [1.29, 1.82) is 0 Å². The molecule has 1 N–H and O–H groups in total. The van der Waals surface area contributed by atoms with Crippen LogP contribution in [0.15, 0.2) is 28.7 Å². The van der Waals surface area contributed by atoms with Gasteiger partial charge in [-0.3, -0.25) is 4.79 Å². The molecule has 23 heavy (non-hydrogen) atoms. The van der Waals surface area contributed by atoms with Gasteiger partial charge in [0.25, 0.3) is 5.91 Å². The molecule has 0 atom stereocenters. The summed E-state index contributed by atoms with van der Waals surface area (Å²) in [5.74, 6) is 0.266. The van der Waals surface area contributed by atoms with Gasteiger partial charge in [-0.2, -0.15) is 0 Å². The van der Waals surface area contributed by atoms with Gasteiger partial charge in [-0.15, -0.1) is 0 Å². The van der Waals surface area contributed by atoms with Crippen molar-refractivity contribution >= 4 is 16.9 Å². The van der Waals surface area contributed by atoms with Crippen molar-refractivity contribution in [2.24, 2.45) is 0 Å². The monoisotopic (exact) mass is 315 g/mol. The Hall–Kier alpha value is -1.85. The molecule has 0 spiro atoms. The lowest BCUT2D eigenvalue weighted by Crippen LogP contribution is -2.45. The van der Waals surface area contributed by atoms with Crippen LogP contribution in [0.3, 0.4) is 0 Å². The first kappa shape index (κ1) is 16.0. The van der Waals surface area contributed by atoms with Gasteiger partial charge in [0, 0.05) is 38.1 Å². The van der Waals surface area contributed by atoms with E-state index in [2.05, 4.69) is 22.2 Å². The number of nitrogens with one attached hydrogen (secondary N) is 1. The molecule has 1 aliphatic heterocycles. The molecule has 0 saturated carbocycles. The molecular weight excluding hydrogens is 290 g/mol. The number of hydrogen-bond acceptors (Lipinski definition) is 4. The summed E-state index contributed by atoms with van der Waals surface area (Å²) >= 11 is 0. The third-order valence-corrected chi connectivity index (χ3v) is 4.43. The quantitative estimate of drug-likeness (QED) is 0.859. The van der Waals surface area contributed by atoms with Gasteiger partial charge in [0.05, 0.1) is 0 Å². The Bertz CT molecular complexity index is 672. The number of nitrogens with zero attached hydrogens (tertiary/aromatic N) is 2. The maximum atomic E-state index is 12.2. The molecule has 5 nitrogen and oxygen atoms in total. The van der Waals surface area contributed by atoms with Crippen molar-refractivity contribution in [3.05, 3.63) is 35.6 Å². The van der Waals surface area contributed by atoms with Crippen molar-refractivity contribution in [2.45, 2.75) is 13.3 Å². The highest BCUT2D eigenvalue weighted by Crippen LogP contribution is 2.20. The second kappa shape index (κ2) is 7.15. The first-order chi connectivity index (χ1) is 11.1. The third kappa shape index (κ3) is 4.12. The van der Waals surface area contributed by atoms with Crippen LogP contribution in [0.1, 0.15) is 22.5 Å². The predicted molar refractivity (Wildman–Crippen MR) is 91.8 cm³/mol. The minimum atomic E-state index is -0.128. The van der Waals surface area contributed by atoms with Crippen LogP contribution in [0.4, 0.5) is 0 Å². The summed E-state index contributed by atoms with van der Waals surface area (Å²) in [5, 5.41) is 3.93. The molecule has 0 aliphatic carbocycles. The summed E-state index contributed by atoms with van der Waals surface area (Å²) in [6.45, 7) is 8.25. The number of carbonyl (C=O) groups is 1. The third-order valence-electron chi connectivity index (χ3n) is 4.43. The van der Waals surface area contributed by atoms with Crippen molar-refractivity contribution in [3.63, 3.8) is 0 Å². The number of likely N-dealkylation sites (N-methyl/N-ethyl adjacent to an activating group) is 1. The van der Waals surface area contributed by atoms with Crippen LogP contribution in [0, 0.1) is 6.92 Å². The van der Waals surface area contributed by atoms with E-state index in [1.54, 1.807) is 0 Å². The zero-order valence-corrected chi connectivity index (χ0v) is 14.0. The minimum absolute atomic E-state index is 0.128. The average molecular weight is 315 g/mol. The summed E-state index contributed by atoms with van der Waals surface area (Å²) < 4.78 is 5.62. The minimum Gasteiger partial charge on any atom is -0.451 e. The van der Waals surface area contributed by atoms with E-state index in [1.807, 2.05) is 31.2 Å². The molecule has 2 aromatic rings. The number of rotatable bonds is 5. The maximum absolute atomic E-state index is 12.2. The smallest absolute Gasteiger partial charge is 0.287 e. The zero-order chi connectivity index (χ0) is 16.2. The van der Waals surface area contributed by atoms with Crippen LogP contribution >= 0.6 is 0 Å². The van der Waals surface area contributed by atoms with Crippen LogP contribution in [-0.4, -0.2) is 62.0 Å². The maximum Gasteiger partial charge on any atom is 0.287 e. The molecule has 1 aliphatic rings. The van der Waals surface area contributed by atoms with E-state index in [0.717, 1.165) is 55.7 Å². The van der Waals surface area contributed by atoms with Gasteiger partial charge in [0.1, 0.15) is 5.58 Å². The van der Waals surface area contributed by atoms with Crippen LogP contribution < -0.4 is 5.32 Å². The number of amides is 1. The molecule has 1 aromatic carbocycles. The summed E-state index contributed by atoms with van der Waals surface area (Å²) in [6.07, 6.45) is 0.967. The van der Waals surface area contributed by atoms with E-state index in [0.29, 0.717) is 12.3 Å². The zero-order valence-electron chi connectivity index (χ0n) is 14.0. The number of benzene rings is 1. The summed E-state index contributed by atoms with van der Waals surface area (Å²) in [6, 6.07) is 7.75. The van der Waals surface area contributed by atoms with E-state index in [9.17, 15) is 4.79 Å². The second-order valence-electron chi connectivity index (χ2n) is 6.41. The number of hydrogen-bond donors (Lipinski definition) is 1. The summed E-state index contributed by atoms with van der Waals surface area (Å²) in [5.41, 5.74) is 1.93. The Labute approximate surface area is 137 Å². The van der Waals surface area contributed by atoms with Crippen molar-refractivity contribution in [3.8, 4) is 0 Å². The van der Waals surface area contributed by atoms with Gasteiger partial charge in [-0.05, 0) is 45.1 Å². The average Bonchev–Trinajstić information content (AvgIpc) is 2.96. The fourth-order valence-electron chi connectivity index (χ4n) is 2.94. The molecule has 0 radical (unpaired) electrons. The van der Waals surface area contributed by atoms with Gasteiger partial charge in [0.15, 0.2) is 5.76 Å². The normalized spacial score (nSPS) is 16.8. The molecule has 3 rings (SSSR count). The van der Waals surface area contributed by atoms with E-state index >= 15 is 0 Å². The molecule has 0 unspecified atom stereocenters. The Morgan fingerprint density at radius 1 is 1.22 bits per heavy atom. The molecule has 1 fully saturated rings. The lowest BCUT2D eigenvalue weighted by molar-refractivity contribution is 0.0924. The molecule has 1 saturated heterocycles. The number of carbonyl (C=O) groups excluding carboxylic acids is 1. The number of aryl methyl sites for hydroxylation is 1. The topological polar surface area (TPSA) is 48.7 Å². The van der Waals surface area contributed by atoms with Crippen molar-refractivity contribution < 1.29 is 9.21 Å². The Morgan fingerprint density at radius 3 is 2.78 bits per heavy atom. The number of piperazine rings is 1. The van der Waals surface area contributed by atoms with E-state index in [4.69, 9.17) is 4.42 Å². The van der Waals surface area contributed by atoms with Crippen molar-refractivity contribution in [1.82, 2.24) is 15.1 Å². The molecule has 0 bridgehead atoms. The first-order valence-electron chi connectivity index (χ1n) is 8.31. The summed E-state index contributed by atoms with van der Waals surface area (Å²) in [7, 11) is 2.16. The summed E-state index contributed by atoms with van der Waals surface area (Å²) in [4.78, 5) is 17.0. The predicted octanol–water partition coefficient (Wildman–Crippen LogP) is 2.11. The first-order valence-corrected chi connectivity index (χ1v) is 8.31. The molecule has 5 heteroatoms. The molecule has 1 aromatic heterocycles. The van der Waals surface area contributed by atoms with Gasteiger partial charge in [0.2, 0.25) is 0 Å².